The molecule has 10 heteroatoms. The van der Waals surface area contributed by atoms with Crippen LogP contribution in [0, 0.1) is 0 Å². The summed E-state index contributed by atoms with van der Waals surface area (Å²) in [6.07, 6.45) is 5.20. The van der Waals surface area contributed by atoms with Crippen LogP contribution in [0.15, 0.2) is 53.3 Å². The van der Waals surface area contributed by atoms with E-state index in [-0.39, 0.29) is 0 Å². The van der Waals surface area contributed by atoms with Crippen LogP contribution in [0.2, 0.25) is 0 Å². The molecule has 1 aliphatic heterocycles. The molecule has 0 bridgehead atoms. The summed E-state index contributed by atoms with van der Waals surface area (Å²) < 4.78 is 11.5. The van der Waals surface area contributed by atoms with Crippen LogP contribution in [0.1, 0.15) is 0 Å². The first-order chi connectivity index (χ1) is 15.3. The van der Waals surface area contributed by atoms with Crippen molar-refractivity contribution in [2.24, 2.45) is 0 Å². The lowest BCUT2D eigenvalue weighted by atomic mass is 10.2. The zero-order chi connectivity index (χ0) is 20.6. The molecule has 0 aliphatic carbocycles. The maximum atomic E-state index is 6.03. The molecular formula is C21H18N8O2. The van der Waals surface area contributed by atoms with E-state index in [1.54, 1.807) is 18.6 Å². The molecule has 5 aromatic rings. The molecule has 0 atom stereocenters. The topological polar surface area (TPSA) is 118 Å². The van der Waals surface area contributed by atoms with Crippen molar-refractivity contribution in [1.82, 2.24) is 30.1 Å². The Labute approximate surface area is 176 Å². The zero-order valence-corrected chi connectivity index (χ0v) is 16.4. The van der Waals surface area contributed by atoms with Gasteiger partial charge in [0, 0.05) is 43.3 Å². The normalized spacial score (nSPS) is 14.4. The smallest absolute Gasteiger partial charge is 0.231 e. The number of hydrogen-bond donors (Lipinski definition) is 2. The van der Waals surface area contributed by atoms with Crippen molar-refractivity contribution in [3.8, 4) is 11.3 Å². The third kappa shape index (κ3) is 3.22. The zero-order valence-electron chi connectivity index (χ0n) is 16.4. The first-order valence-corrected chi connectivity index (χ1v) is 9.96. The van der Waals surface area contributed by atoms with Crippen molar-refractivity contribution in [2.45, 2.75) is 0 Å². The number of nitrogens with zero attached hydrogens (tertiary/aromatic N) is 6. The van der Waals surface area contributed by atoms with Crippen molar-refractivity contribution < 1.29 is 9.15 Å². The van der Waals surface area contributed by atoms with Gasteiger partial charge in [0.2, 0.25) is 11.7 Å². The largest absolute Gasteiger partial charge is 0.432 e. The summed E-state index contributed by atoms with van der Waals surface area (Å²) in [5, 5.41) is 11.4. The summed E-state index contributed by atoms with van der Waals surface area (Å²) in [7, 11) is 0. The Balaban J connectivity index is 1.43. The van der Waals surface area contributed by atoms with Gasteiger partial charge in [-0.3, -0.25) is 10.1 Å². The van der Waals surface area contributed by atoms with Crippen molar-refractivity contribution in [3.63, 3.8) is 0 Å². The molecule has 6 rings (SSSR count). The quantitative estimate of drug-likeness (QED) is 0.457. The second-order valence-electron chi connectivity index (χ2n) is 7.14. The van der Waals surface area contributed by atoms with E-state index in [0.29, 0.717) is 41.8 Å². The average Bonchev–Trinajstić information content (AvgIpc) is 3.45. The maximum Gasteiger partial charge on any atom is 0.231 e. The second-order valence-corrected chi connectivity index (χ2v) is 7.14. The summed E-state index contributed by atoms with van der Waals surface area (Å²) in [5.41, 5.74) is 3.59. The molecule has 0 unspecified atom stereocenters. The number of H-pyrrole nitrogens is 1. The van der Waals surface area contributed by atoms with Crippen LogP contribution in [0.5, 0.6) is 0 Å². The summed E-state index contributed by atoms with van der Waals surface area (Å²) >= 11 is 0. The van der Waals surface area contributed by atoms with E-state index in [1.165, 1.54) is 0 Å². The molecule has 0 aromatic carbocycles. The standard InChI is InChI=1S/C21H18N8O2/c1-3-13(12-22-5-1)15-11-16(28-27-15)24-21-25-17-14-4-2-6-23-20(14)31-18(17)19(26-21)29-7-9-30-10-8-29/h1-6,11-12H,7-10H2,(H2,24,25,26,27,28). The fraction of sp³-hybridized carbons (Fsp3) is 0.190. The van der Waals surface area contributed by atoms with Gasteiger partial charge >= 0.3 is 0 Å². The van der Waals surface area contributed by atoms with E-state index < -0.39 is 0 Å². The van der Waals surface area contributed by atoms with Crippen molar-refractivity contribution in [1.29, 1.82) is 0 Å². The average molecular weight is 414 g/mol. The lowest BCUT2D eigenvalue weighted by Gasteiger charge is -2.27. The number of nitrogens with one attached hydrogen (secondary N) is 2. The predicted octanol–water partition coefficient (Wildman–Crippen LogP) is 3.14. The number of aromatic amines is 1. The van der Waals surface area contributed by atoms with E-state index in [1.807, 2.05) is 30.3 Å². The van der Waals surface area contributed by atoms with Crippen molar-refractivity contribution in [3.05, 3.63) is 48.9 Å². The Hall–Kier alpha value is -4.05. The van der Waals surface area contributed by atoms with Crippen LogP contribution < -0.4 is 10.2 Å². The van der Waals surface area contributed by atoms with Crippen LogP contribution in [-0.2, 0) is 4.74 Å². The number of ether oxygens (including phenoxy) is 1. The molecule has 5 aromatic heterocycles. The molecular weight excluding hydrogens is 396 g/mol. The minimum absolute atomic E-state index is 0.446. The van der Waals surface area contributed by atoms with E-state index >= 15 is 0 Å². The molecule has 154 valence electrons. The SMILES string of the molecule is c1cncc(-c2cc(Nc3nc(N4CCOCC4)c4oc5ncccc5c4n3)[nH]n2)c1. The van der Waals surface area contributed by atoms with Gasteiger partial charge in [-0.15, -0.1) is 0 Å². The van der Waals surface area contributed by atoms with E-state index in [9.17, 15) is 0 Å². The Morgan fingerprint density at radius 3 is 2.84 bits per heavy atom. The van der Waals surface area contributed by atoms with Crippen LogP contribution in [0.25, 0.3) is 33.5 Å². The van der Waals surface area contributed by atoms with Gasteiger partial charge in [-0.25, -0.2) is 9.97 Å². The Morgan fingerprint density at radius 1 is 1.06 bits per heavy atom. The molecule has 31 heavy (non-hydrogen) atoms. The fourth-order valence-electron chi connectivity index (χ4n) is 3.68. The molecule has 1 fully saturated rings. The Kier molecular flexibility index (Phi) is 4.20. The molecule has 1 saturated heterocycles. The highest BCUT2D eigenvalue weighted by atomic mass is 16.5. The minimum Gasteiger partial charge on any atom is -0.432 e. The van der Waals surface area contributed by atoms with Gasteiger partial charge in [-0.2, -0.15) is 10.1 Å². The highest BCUT2D eigenvalue weighted by Gasteiger charge is 2.22. The van der Waals surface area contributed by atoms with E-state index in [4.69, 9.17) is 19.1 Å². The van der Waals surface area contributed by atoms with Crippen molar-refractivity contribution in [2.75, 3.05) is 36.5 Å². The Morgan fingerprint density at radius 2 is 1.97 bits per heavy atom. The third-order valence-corrected chi connectivity index (χ3v) is 5.16. The molecule has 0 spiro atoms. The number of fused-ring (bicyclic) bond motifs is 3. The van der Waals surface area contributed by atoms with Crippen LogP contribution in [0.4, 0.5) is 17.6 Å². The number of morpholine rings is 1. The minimum atomic E-state index is 0.446. The molecule has 10 nitrogen and oxygen atoms in total. The Bertz CT molecular complexity index is 1360. The molecule has 0 saturated carbocycles. The number of furan rings is 1. The first-order valence-electron chi connectivity index (χ1n) is 9.96. The molecule has 2 N–H and O–H groups in total. The van der Waals surface area contributed by atoms with Gasteiger partial charge in [0.25, 0.3) is 0 Å². The summed E-state index contributed by atoms with van der Waals surface area (Å²) in [6.45, 7) is 2.74. The number of rotatable bonds is 4. The molecule has 1 aliphatic rings. The van der Waals surface area contributed by atoms with Gasteiger partial charge in [0.15, 0.2) is 11.4 Å². The predicted molar refractivity (Wildman–Crippen MR) is 115 cm³/mol. The molecule has 0 radical (unpaired) electrons. The van der Waals surface area contributed by atoms with Crippen LogP contribution >= 0.6 is 0 Å². The second kappa shape index (κ2) is 7.33. The number of pyridine rings is 2. The molecule has 0 amide bonds. The third-order valence-electron chi connectivity index (χ3n) is 5.16. The number of aromatic nitrogens is 6. The number of hydrogen-bond acceptors (Lipinski definition) is 9. The fourth-order valence-corrected chi connectivity index (χ4v) is 3.68. The lowest BCUT2D eigenvalue weighted by molar-refractivity contribution is 0.122. The van der Waals surface area contributed by atoms with Gasteiger partial charge in [-0.05, 0) is 24.3 Å². The summed E-state index contributed by atoms with van der Waals surface area (Å²) in [6, 6.07) is 9.55. The highest BCUT2D eigenvalue weighted by molar-refractivity contribution is 6.05. The molecule has 6 heterocycles. The van der Waals surface area contributed by atoms with E-state index in [2.05, 4.69) is 30.4 Å². The first kappa shape index (κ1) is 17.8. The summed E-state index contributed by atoms with van der Waals surface area (Å²) in [5.74, 6) is 1.85. The highest BCUT2D eigenvalue weighted by Crippen LogP contribution is 2.34. The van der Waals surface area contributed by atoms with Crippen molar-refractivity contribution >= 4 is 39.8 Å². The van der Waals surface area contributed by atoms with E-state index in [0.717, 1.165) is 35.6 Å². The van der Waals surface area contributed by atoms with Crippen LogP contribution in [-0.4, -0.2) is 56.4 Å². The maximum absolute atomic E-state index is 6.03. The van der Waals surface area contributed by atoms with Crippen LogP contribution in [0.3, 0.4) is 0 Å². The van der Waals surface area contributed by atoms with Gasteiger partial charge in [0.05, 0.1) is 24.3 Å². The monoisotopic (exact) mass is 414 g/mol. The van der Waals surface area contributed by atoms with Gasteiger partial charge < -0.3 is 19.4 Å². The lowest BCUT2D eigenvalue weighted by Crippen LogP contribution is -2.37. The summed E-state index contributed by atoms with van der Waals surface area (Å²) in [4.78, 5) is 20.1. The van der Waals surface area contributed by atoms with Gasteiger partial charge in [0.1, 0.15) is 11.3 Å². The van der Waals surface area contributed by atoms with Gasteiger partial charge in [-0.1, -0.05) is 0 Å². The number of anilines is 3.